The van der Waals surface area contributed by atoms with Gasteiger partial charge in [0.15, 0.2) is 0 Å². The molecule has 0 N–H and O–H groups in total. The Balaban J connectivity index is 1.60. The maximum atomic E-state index is 11.3. The molecule has 0 spiro atoms. The van der Waals surface area contributed by atoms with Crippen LogP contribution in [0.5, 0.6) is 0 Å². The first kappa shape index (κ1) is 13.0. The second-order valence-corrected chi connectivity index (χ2v) is 5.63. The number of rotatable bonds is 2. The lowest BCUT2D eigenvalue weighted by Crippen LogP contribution is -2.28. The van der Waals surface area contributed by atoms with Gasteiger partial charge < -0.3 is 4.90 Å². The van der Waals surface area contributed by atoms with Crippen molar-refractivity contribution in [1.29, 1.82) is 0 Å². The van der Waals surface area contributed by atoms with Crippen molar-refractivity contribution >= 4 is 23.2 Å². The quantitative estimate of drug-likeness (QED) is 0.846. The van der Waals surface area contributed by atoms with Gasteiger partial charge in [0, 0.05) is 30.1 Å². The van der Waals surface area contributed by atoms with E-state index < -0.39 is 0 Å². The van der Waals surface area contributed by atoms with Crippen LogP contribution in [0.1, 0.15) is 12.0 Å². The molecule has 0 unspecified atom stereocenters. The summed E-state index contributed by atoms with van der Waals surface area (Å²) in [4.78, 5) is 17.7. The lowest BCUT2D eigenvalue weighted by molar-refractivity contribution is -0.112. The van der Waals surface area contributed by atoms with Crippen LogP contribution in [0.15, 0.2) is 59.6 Å². The number of amides is 1. The van der Waals surface area contributed by atoms with E-state index in [0.29, 0.717) is 0 Å². The Hall–Kier alpha value is -2.68. The molecule has 0 aromatic heterocycles. The van der Waals surface area contributed by atoms with Gasteiger partial charge in [0.1, 0.15) is 0 Å². The van der Waals surface area contributed by atoms with Gasteiger partial charge in [-0.05, 0) is 41.8 Å². The van der Waals surface area contributed by atoms with Crippen molar-refractivity contribution in [2.24, 2.45) is 4.99 Å². The first-order valence-corrected chi connectivity index (χ1v) is 7.53. The molecular weight excluding hydrogens is 272 g/mol. The number of carbonyl (C=O) groups is 1. The molecule has 0 bridgehead atoms. The molecule has 0 fully saturated rings. The molecule has 2 aliphatic heterocycles. The number of hydrogen-bond acceptors (Lipinski definition) is 2. The molecule has 3 heteroatoms. The van der Waals surface area contributed by atoms with E-state index in [2.05, 4.69) is 52.4 Å². The molecular formula is C19H16N2O. The van der Waals surface area contributed by atoms with Crippen LogP contribution in [0.3, 0.4) is 0 Å². The number of carbonyl (C=O) groups excluding carboxylic acids is 1. The zero-order chi connectivity index (χ0) is 14.9. The van der Waals surface area contributed by atoms with Crippen LogP contribution in [0.4, 0.5) is 5.69 Å². The molecule has 0 radical (unpaired) electrons. The predicted molar refractivity (Wildman–Crippen MR) is 87.9 cm³/mol. The minimum absolute atomic E-state index is 0.153. The zero-order valence-electron chi connectivity index (χ0n) is 12.2. The highest BCUT2D eigenvalue weighted by Crippen LogP contribution is 2.24. The van der Waals surface area contributed by atoms with Crippen LogP contribution in [-0.2, 0) is 4.79 Å². The number of benzene rings is 2. The maximum Gasteiger partial charge on any atom is 0.270 e. The molecule has 0 atom stereocenters. The number of nitrogens with zero attached hydrogens (tertiary/aromatic N) is 2. The van der Waals surface area contributed by atoms with E-state index in [1.807, 2.05) is 12.1 Å². The van der Waals surface area contributed by atoms with Crippen molar-refractivity contribution in [2.75, 3.05) is 18.0 Å². The van der Waals surface area contributed by atoms with Crippen LogP contribution in [0.2, 0.25) is 0 Å². The van der Waals surface area contributed by atoms with E-state index in [-0.39, 0.29) is 5.91 Å². The molecule has 3 nitrogen and oxygen atoms in total. The van der Waals surface area contributed by atoms with Crippen LogP contribution in [0.25, 0.3) is 11.6 Å². The third kappa shape index (κ3) is 2.35. The average Bonchev–Trinajstić information content (AvgIpc) is 2.95. The SMILES string of the molecule is O=C1C=c2cc(C3=CCN(c4ccccc4)CC3)ccc2=N1. The molecule has 2 aromatic rings. The highest BCUT2D eigenvalue weighted by atomic mass is 16.1. The van der Waals surface area contributed by atoms with Crippen molar-refractivity contribution in [3.8, 4) is 0 Å². The van der Waals surface area contributed by atoms with Crippen molar-refractivity contribution < 1.29 is 4.79 Å². The number of hydrogen-bond donors (Lipinski definition) is 0. The van der Waals surface area contributed by atoms with Gasteiger partial charge in [0.2, 0.25) is 0 Å². The zero-order valence-corrected chi connectivity index (χ0v) is 12.2. The van der Waals surface area contributed by atoms with Crippen LogP contribution >= 0.6 is 0 Å². The predicted octanol–water partition coefficient (Wildman–Crippen LogP) is 1.92. The molecule has 2 heterocycles. The Morgan fingerprint density at radius 1 is 1.05 bits per heavy atom. The second-order valence-electron chi connectivity index (χ2n) is 5.63. The lowest BCUT2D eigenvalue weighted by atomic mass is 9.98. The van der Waals surface area contributed by atoms with Gasteiger partial charge in [0.05, 0.1) is 5.36 Å². The fraction of sp³-hybridized carbons (Fsp3) is 0.158. The molecule has 2 aliphatic rings. The van der Waals surface area contributed by atoms with Crippen molar-refractivity contribution in [1.82, 2.24) is 0 Å². The summed E-state index contributed by atoms with van der Waals surface area (Å²) >= 11 is 0. The third-order valence-electron chi connectivity index (χ3n) is 4.24. The summed E-state index contributed by atoms with van der Waals surface area (Å²) in [5, 5.41) is 1.73. The summed E-state index contributed by atoms with van der Waals surface area (Å²) in [7, 11) is 0. The monoisotopic (exact) mass is 288 g/mol. The summed E-state index contributed by atoms with van der Waals surface area (Å²) in [6.07, 6.45) is 4.91. The van der Waals surface area contributed by atoms with Gasteiger partial charge in [-0.15, -0.1) is 0 Å². The van der Waals surface area contributed by atoms with Gasteiger partial charge >= 0.3 is 0 Å². The van der Waals surface area contributed by atoms with Crippen LogP contribution in [0, 0.1) is 0 Å². The third-order valence-corrected chi connectivity index (χ3v) is 4.24. The van der Waals surface area contributed by atoms with E-state index in [1.54, 1.807) is 6.08 Å². The van der Waals surface area contributed by atoms with Gasteiger partial charge in [-0.1, -0.05) is 30.3 Å². The fourth-order valence-electron chi connectivity index (χ4n) is 3.06. The Morgan fingerprint density at radius 3 is 2.68 bits per heavy atom. The fourth-order valence-corrected chi connectivity index (χ4v) is 3.06. The largest absolute Gasteiger partial charge is 0.367 e. The maximum absolute atomic E-state index is 11.3. The summed E-state index contributed by atoms with van der Waals surface area (Å²) in [5.74, 6) is -0.153. The van der Waals surface area contributed by atoms with Crippen molar-refractivity contribution in [2.45, 2.75) is 6.42 Å². The van der Waals surface area contributed by atoms with Crippen molar-refractivity contribution in [3.05, 3.63) is 70.7 Å². The Bertz CT molecular complexity index is 881. The number of fused-ring (bicyclic) bond motifs is 1. The Morgan fingerprint density at radius 2 is 1.91 bits per heavy atom. The molecule has 108 valence electrons. The summed E-state index contributed by atoms with van der Waals surface area (Å²) in [5.41, 5.74) is 3.82. The van der Waals surface area contributed by atoms with E-state index in [0.717, 1.165) is 30.1 Å². The Labute approximate surface area is 128 Å². The van der Waals surface area contributed by atoms with Crippen LogP contribution in [-0.4, -0.2) is 19.0 Å². The number of anilines is 1. The average molecular weight is 288 g/mol. The lowest BCUT2D eigenvalue weighted by Gasteiger charge is -2.28. The first-order valence-electron chi connectivity index (χ1n) is 7.53. The molecule has 4 rings (SSSR count). The van der Waals surface area contributed by atoms with E-state index in [1.165, 1.54) is 16.8 Å². The standard InChI is InChI=1S/C19H16N2O/c22-19-13-16-12-15(6-7-18(16)20-19)14-8-10-21(11-9-14)17-4-2-1-3-5-17/h1-8,12-13H,9-11H2. The van der Waals surface area contributed by atoms with Gasteiger partial charge in [-0.2, -0.15) is 0 Å². The molecule has 1 amide bonds. The summed E-state index contributed by atoms with van der Waals surface area (Å²) < 4.78 is 0. The van der Waals surface area contributed by atoms with Gasteiger partial charge in [-0.3, -0.25) is 4.79 Å². The minimum atomic E-state index is -0.153. The highest BCUT2D eigenvalue weighted by Gasteiger charge is 2.14. The molecule has 0 saturated carbocycles. The molecule has 2 aromatic carbocycles. The van der Waals surface area contributed by atoms with E-state index in [9.17, 15) is 4.79 Å². The highest BCUT2D eigenvalue weighted by molar-refractivity contribution is 6.06. The molecule has 0 saturated heterocycles. The van der Waals surface area contributed by atoms with Gasteiger partial charge in [-0.25, -0.2) is 4.99 Å². The number of para-hydroxylation sites is 1. The summed E-state index contributed by atoms with van der Waals surface area (Å²) in [6.45, 7) is 1.93. The molecule has 22 heavy (non-hydrogen) atoms. The van der Waals surface area contributed by atoms with Crippen LogP contribution < -0.4 is 15.5 Å². The summed E-state index contributed by atoms with van der Waals surface area (Å²) in [6, 6.07) is 16.6. The van der Waals surface area contributed by atoms with E-state index >= 15 is 0 Å². The first-order chi connectivity index (χ1) is 10.8. The molecule has 0 aliphatic carbocycles. The van der Waals surface area contributed by atoms with Crippen molar-refractivity contribution in [3.63, 3.8) is 0 Å². The minimum Gasteiger partial charge on any atom is -0.367 e. The Kier molecular flexibility index (Phi) is 3.11. The second kappa shape index (κ2) is 5.26. The normalized spacial score (nSPS) is 16.6. The topological polar surface area (TPSA) is 32.7 Å². The smallest absolute Gasteiger partial charge is 0.270 e. The van der Waals surface area contributed by atoms with Gasteiger partial charge in [0.25, 0.3) is 5.91 Å². The van der Waals surface area contributed by atoms with E-state index in [4.69, 9.17) is 0 Å².